The summed E-state index contributed by atoms with van der Waals surface area (Å²) in [6.45, 7) is 0.358. The number of nitrogens with one attached hydrogen (secondary N) is 1. The molecule has 2 amide bonds. The first-order chi connectivity index (χ1) is 13.0. The lowest BCUT2D eigenvalue weighted by molar-refractivity contribution is -0.128. The van der Waals surface area contributed by atoms with Crippen LogP contribution in [0, 0.1) is 0 Å². The van der Waals surface area contributed by atoms with Crippen molar-refractivity contribution in [1.29, 1.82) is 0 Å². The second kappa shape index (κ2) is 6.82. The Morgan fingerprint density at radius 1 is 1.26 bits per heavy atom. The van der Waals surface area contributed by atoms with Crippen molar-refractivity contribution in [3.8, 4) is 0 Å². The van der Waals surface area contributed by atoms with Gasteiger partial charge >= 0.3 is 5.97 Å². The maximum atomic E-state index is 12.3. The SMILES string of the molecule is O=C(Cn1cc(C(=O)O)nn1)NC1CC(=O)N(C2CC2c2ccccc2)C1. The minimum atomic E-state index is -1.20. The molecule has 2 N–H and O–H groups in total. The second-order valence-electron chi connectivity index (χ2n) is 6.94. The number of hydrogen-bond donors (Lipinski definition) is 2. The molecule has 9 heteroatoms. The van der Waals surface area contributed by atoms with Gasteiger partial charge in [0.05, 0.1) is 12.2 Å². The van der Waals surface area contributed by atoms with Crippen molar-refractivity contribution < 1.29 is 19.5 Å². The van der Waals surface area contributed by atoms with Crippen LogP contribution < -0.4 is 5.32 Å². The van der Waals surface area contributed by atoms with Crippen molar-refractivity contribution in [1.82, 2.24) is 25.2 Å². The number of carboxylic acids is 1. The van der Waals surface area contributed by atoms with Crippen LogP contribution in [0.1, 0.15) is 34.8 Å². The largest absolute Gasteiger partial charge is 0.476 e. The molecule has 3 unspecified atom stereocenters. The first kappa shape index (κ1) is 17.2. The maximum absolute atomic E-state index is 12.3. The minimum absolute atomic E-state index is 0.0534. The van der Waals surface area contributed by atoms with Crippen LogP contribution in [-0.2, 0) is 16.1 Å². The van der Waals surface area contributed by atoms with Crippen molar-refractivity contribution in [2.45, 2.75) is 37.4 Å². The third kappa shape index (κ3) is 3.67. The lowest BCUT2D eigenvalue weighted by Crippen LogP contribution is -2.39. The fourth-order valence-corrected chi connectivity index (χ4v) is 3.63. The summed E-state index contributed by atoms with van der Waals surface area (Å²) in [6, 6.07) is 10.1. The van der Waals surface area contributed by atoms with Crippen molar-refractivity contribution in [3.63, 3.8) is 0 Å². The van der Waals surface area contributed by atoms with Gasteiger partial charge in [0.15, 0.2) is 5.69 Å². The first-order valence-electron chi connectivity index (χ1n) is 8.78. The molecule has 1 aromatic carbocycles. The van der Waals surface area contributed by atoms with E-state index < -0.39 is 5.97 Å². The van der Waals surface area contributed by atoms with Gasteiger partial charge in [-0.3, -0.25) is 9.59 Å². The molecule has 0 radical (unpaired) electrons. The number of rotatable bonds is 6. The van der Waals surface area contributed by atoms with Crippen LogP contribution in [0.15, 0.2) is 36.5 Å². The average Bonchev–Trinajstić information content (AvgIpc) is 3.15. The van der Waals surface area contributed by atoms with Crippen molar-refractivity contribution >= 4 is 17.8 Å². The summed E-state index contributed by atoms with van der Waals surface area (Å²) in [7, 11) is 0. The average molecular weight is 369 g/mol. The predicted molar refractivity (Wildman–Crippen MR) is 92.8 cm³/mol. The zero-order valence-electron chi connectivity index (χ0n) is 14.5. The zero-order chi connectivity index (χ0) is 19.0. The third-order valence-corrected chi connectivity index (χ3v) is 4.97. The normalized spacial score (nSPS) is 24.1. The highest BCUT2D eigenvalue weighted by Gasteiger charge is 2.47. The fourth-order valence-electron chi connectivity index (χ4n) is 3.63. The predicted octanol–water partition coefficient (Wildman–Crippen LogP) is 0.250. The monoisotopic (exact) mass is 369 g/mol. The molecule has 3 atom stereocenters. The van der Waals surface area contributed by atoms with E-state index in [2.05, 4.69) is 27.8 Å². The zero-order valence-corrected chi connectivity index (χ0v) is 14.5. The Bertz CT molecular complexity index is 881. The van der Waals surface area contributed by atoms with E-state index >= 15 is 0 Å². The molecule has 9 nitrogen and oxygen atoms in total. The highest BCUT2D eigenvalue weighted by molar-refractivity contribution is 5.85. The highest BCUT2D eigenvalue weighted by atomic mass is 16.4. The number of benzene rings is 1. The van der Waals surface area contributed by atoms with E-state index in [1.165, 1.54) is 16.4 Å². The molecule has 1 saturated heterocycles. The molecule has 0 spiro atoms. The number of nitrogens with zero attached hydrogens (tertiary/aromatic N) is 4. The summed E-state index contributed by atoms with van der Waals surface area (Å²) >= 11 is 0. The topological polar surface area (TPSA) is 117 Å². The number of hydrogen-bond acceptors (Lipinski definition) is 5. The van der Waals surface area contributed by atoms with Gasteiger partial charge in [0.2, 0.25) is 11.8 Å². The molecule has 1 saturated carbocycles. The summed E-state index contributed by atoms with van der Waals surface area (Å²) in [5.41, 5.74) is 1.02. The third-order valence-electron chi connectivity index (χ3n) is 4.97. The van der Waals surface area contributed by atoms with Crippen LogP contribution in [0.4, 0.5) is 0 Å². The number of likely N-dealkylation sites (tertiary alicyclic amines) is 1. The number of carbonyl (C=O) groups excluding carboxylic acids is 2. The van der Waals surface area contributed by atoms with Crippen LogP contribution in [0.25, 0.3) is 0 Å². The number of aromatic carboxylic acids is 1. The molecule has 1 aliphatic carbocycles. The van der Waals surface area contributed by atoms with E-state index in [1.54, 1.807) is 0 Å². The summed E-state index contributed by atoms with van der Waals surface area (Å²) in [5.74, 6) is -1.10. The van der Waals surface area contributed by atoms with Gasteiger partial charge in [-0.05, 0) is 12.0 Å². The molecule has 1 aliphatic heterocycles. The van der Waals surface area contributed by atoms with Crippen LogP contribution in [0.2, 0.25) is 0 Å². The summed E-state index contributed by atoms with van der Waals surface area (Å²) in [4.78, 5) is 37.2. The Hall–Kier alpha value is -3.23. The van der Waals surface area contributed by atoms with E-state index in [9.17, 15) is 14.4 Å². The van der Waals surface area contributed by atoms with Crippen molar-refractivity contribution in [2.75, 3.05) is 6.54 Å². The summed E-state index contributed by atoms with van der Waals surface area (Å²) in [5, 5.41) is 18.7. The van der Waals surface area contributed by atoms with Crippen molar-refractivity contribution in [3.05, 3.63) is 47.8 Å². The number of carbonyl (C=O) groups is 3. The Labute approximate surface area is 155 Å². The Balaban J connectivity index is 1.30. The van der Waals surface area contributed by atoms with Crippen LogP contribution in [0.3, 0.4) is 0 Å². The van der Waals surface area contributed by atoms with E-state index in [1.807, 2.05) is 23.1 Å². The smallest absolute Gasteiger partial charge is 0.358 e. The summed E-state index contributed by atoms with van der Waals surface area (Å²) < 4.78 is 1.17. The van der Waals surface area contributed by atoms with E-state index in [0.29, 0.717) is 12.5 Å². The fraction of sp³-hybridized carbons (Fsp3) is 0.389. The molecule has 2 fully saturated rings. The lowest BCUT2D eigenvalue weighted by atomic mass is 10.1. The maximum Gasteiger partial charge on any atom is 0.358 e. The van der Waals surface area contributed by atoms with Gasteiger partial charge in [0, 0.05) is 24.9 Å². The van der Waals surface area contributed by atoms with Gasteiger partial charge in [-0.2, -0.15) is 0 Å². The molecule has 27 heavy (non-hydrogen) atoms. The Morgan fingerprint density at radius 2 is 2.04 bits per heavy atom. The quantitative estimate of drug-likeness (QED) is 0.754. The molecule has 140 valence electrons. The van der Waals surface area contributed by atoms with Gasteiger partial charge < -0.3 is 15.3 Å². The molecule has 1 aromatic heterocycles. The minimum Gasteiger partial charge on any atom is -0.476 e. The van der Waals surface area contributed by atoms with Crippen molar-refractivity contribution in [2.24, 2.45) is 0 Å². The lowest BCUT2D eigenvalue weighted by Gasteiger charge is -2.17. The van der Waals surface area contributed by atoms with Gasteiger partial charge in [-0.25, -0.2) is 9.48 Å². The second-order valence-corrected chi connectivity index (χ2v) is 6.94. The molecule has 0 bridgehead atoms. The molecule has 2 aliphatic rings. The molecular formula is C18H19N5O4. The molecule has 2 heterocycles. The van der Waals surface area contributed by atoms with Gasteiger partial charge in [0.25, 0.3) is 0 Å². The van der Waals surface area contributed by atoms with E-state index in [0.717, 1.165) is 6.42 Å². The summed E-state index contributed by atoms with van der Waals surface area (Å²) in [6.07, 6.45) is 2.43. The highest BCUT2D eigenvalue weighted by Crippen LogP contribution is 2.45. The molecular weight excluding hydrogens is 350 g/mol. The van der Waals surface area contributed by atoms with Crippen LogP contribution >= 0.6 is 0 Å². The Kier molecular flexibility index (Phi) is 4.35. The number of amides is 2. The van der Waals surface area contributed by atoms with Gasteiger partial charge in [0.1, 0.15) is 6.54 Å². The van der Waals surface area contributed by atoms with Gasteiger partial charge in [-0.15, -0.1) is 5.10 Å². The van der Waals surface area contributed by atoms with E-state index in [4.69, 9.17) is 5.11 Å². The number of aromatic nitrogens is 3. The first-order valence-corrected chi connectivity index (χ1v) is 8.78. The Morgan fingerprint density at radius 3 is 2.74 bits per heavy atom. The van der Waals surface area contributed by atoms with Crippen LogP contribution in [0.5, 0.6) is 0 Å². The standard InChI is InChI=1S/C18H19N5O4/c24-16(10-22-9-14(18(26)27)20-21-22)19-12-6-17(25)23(8-12)15-7-13(15)11-4-2-1-3-5-11/h1-5,9,12-13,15H,6-8,10H2,(H,19,24)(H,26,27). The van der Waals surface area contributed by atoms with E-state index in [-0.39, 0.29) is 42.6 Å². The van der Waals surface area contributed by atoms with Gasteiger partial charge in [-0.1, -0.05) is 35.5 Å². The van der Waals surface area contributed by atoms with Crippen LogP contribution in [-0.4, -0.2) is 61.4 Å². The number of carboxylic acid groups (broad SMARTS) is 1. The molecule has 4 rings (SSSR count). The molecule has 2 aromatic rings.